The second-order valence-corrected chi connectivity index (χ2v) is 11.8. The van der Waals surface area contributed by atoms with Crippen molar-refractivity contribution < 1.29 is 28.5 Å². The number of carboxylic acids is 1. The molecule has 0 fully saturated rings. The van der Waals surface area contributed by atoms with Crippen molar-refractivity contribution in [1.29, 1.82) is 0 Å². The van der Waals surface area contributed by atoms with E-state index in [-0.39, 0.29) is 19.6 Å². The van der Waals surface area contributed by atoms with Crippen LogP contribution in [0.25, 0.3) is 29.3 Å². The lowest BCUT2D eigenvalue weighted by Gasteiger charge is -2.12. The molecule has 0 spiro atoms. The first kappa shape index (κ1) is 32.3. The third kappa shape index (κ3) is 7.81. The summed E-state index contributed by atoms with van der Waals surface area (Å²) in [5, 5.41) is 16.9. The van der Waals surface area contributed by atoms with Gasteiger partial charge in [0.25, 0.3) is 0 Å². The Bertz CT molecular complexity index is 2030. The number of aromatic nitrogens is 4. The van der Waals surface area contributed by atoms with Crippen molar-refractivity contribution >= 4 is 29.5 Å². The zero-order valence-corrected chi connectivity index (χ0v) is 27.6. The highest BCUT2D eigenvalue weighted by Gasteiger charge is 2.15. The van der Waals surface area contributed by atoms with Gasteiger partial charge in [-0.15, -0.1) is 16.4 Å². The number of benzene rings is 3. The van der Waals surface area contributed by atoms with Gasteiger partial charge in [-0.25, -0.2) is 14.6 Å². The quantitative estimate of drug-likeness (QED) is 0.124. The van der Waals surface area contributed by atoms with Crippen LogP contribution in [0.4, 0.5) is 0 Å². The van der Waals surface area contributed by atoms with Crippen LogP contribution in [-0.2, 0) is 30.8 Å². The number of aryl methyl sites for hydroxylation is 2. The number of rotatable bonds is 14. The van der Waals surface area contributed by atoms with Crippen LogP contribution in [0.15, 0.2) is 88.8 Å². The van der Waals surface area contributed by atoms with Crippen LogP contribution in [-0.4, -0.2) is 37.9 Å². The van der Waals surface area contributed by atoms with Crippen LogP contribution in [0, 0.1) is 6.92 Å². The van der Waals surface area contributed by atoms with Crippen LogP contribution in [0.3, 0.4) is 0 Å². The first-order valence-electron chi connectivity index (χ1n) is 15.4. The Labute approximate surface area is 281 Å². The lowest BCUT2D eigenvalue weighted by Crippen LogP contribution is -2.02. The van der Waals surface area contributed by atoms with Gasteiger partial charge in [-0.2, -0.15) is 0 Å². The zero-order chi connectivity index (χ0) is 33.5. The summed E-state index contributed by atoms with van der Waals surface area (Å²) >= 11 is 1.65. The molecule has 1 N–H and O–H groups in total. The minimum Gasteiger partial charge on any atom is -0.493 e. The minimum atomic E-state index is -0.879. The number of oxazole rings is 1. The number of para-hydroxylation sites is 1. The molecule has 48 heavy (non-hydrogen) atoms. The Morgan fingerprint density at radius 1 is 0.958 bits per heavy atom. The van der Waals surface area contributed by atoms with Crippen LogP contribution in [0.2, 0.25) is 0 Å². The number of hydrogen-bond acceptors (Lipinski definition) is 9. The molecule has 0 aliphatic rings. The number of carbonyl (C=O) groups is 1. The van der Waals surface area contributed by atoms with Crippen molar-refractivity contribution in [3.05, 3.63) is 123 Å². The molecule has 10 nitrogen and oxygen atoms in total. The summed E-state index contributed by atoms with van der Waals surface area (Å²) in [5.74, 6) is 1.79. The van der Waals surface area contributed by atoms with Gasteiger partial charge < -0.3 is 23.7 Å². The van der Waals surface area contributed by atoms with Gasteiger partial charge in [-0.05, 0) is 73.0 Å². The monoisotopic (exact) mass is 662 g/mol. The molecule has 3 aromatic carbocycles. The van der Waals surface area contributed by atoms with E-state index in [0.29, 0.717) is 40.3 Å². The maximum Gasteiger partial charge on any atom is 0.307 e. The summed E-state index contributed by atoms with van der Waals surface area (Å²) in [4.78, 5) is 20.2. The molecule has 3 aromatic heterocycles. The van der Waals surface area contributed by atoms with Crippen molar-refractivity contribution in [2.24, 2.45) is 0 Å². The van der Waals surface area contributed by atoms with Crippen LogP contribution >= 0.6 is 11.3 Å². The molecule has 0 aliphatic heterocycles. The van der Waals surface area contributed by atoms with E-state index in [4.69, 9.17) is 28.8 Å². The third-order valence-electron chi connectivity index (χ3n) is 7.45. The average molecular weight is 663 g/mol. The molecule has 11 heteroatoms. The van der Waals surface area contributed by atoms with E-state index in [1.54, 1.807) is 47.4 Å². The van der Waals surface area contributed by atoms with Crippen LogP contribution < -0.4 is 14.2 Å². The summed E-state index contributed by atoms with van der Waals surface area (Å²) in [7, 11) is 1.59. The fourth-order valence-electron chi connectivity index (χ4n) is 4.89. The standard InChI is InChI=1S/C37H34N4O6S/c1-4-34-38-29(23-48-34)16-15-28-20-41(30-8-6-5-7-9-30)40-37(28)46-21-26-12-17-32(33(18-26)44-3)45-22-31-24(2)47-36(39-31)27-13-10-25(11-14-27)19-35(42)43/h5-18,20,23H,4,19,21-22H2,1-3H3,(H,42,43). The van der Waals surface area contributed by atoms with E-state index < -0.39 is 5.97 Å². The minimum absolute atomic E-state index is 0.0402. The highest BCUT2D eigenvalue weighted by molar-refractivity contribution is 7.09. The molecule has 244 valence electrons. The molecule has 0 radical (unpaired) electrons. The molecule has 0 amide bonds. The lowest BCUT2D eigenvalue weighted by atomic mass is 10.1. The summed E-state index contributed by atoms with van der Waals surface area (Å²) in [5.41, 5.74) is 5.63. The van der Waals surface area contributed by atoms with Crippen molar-refractivity contribution in [3.8, 4) is 34.5 Å². The summed E-state index contributed by atoms with van der Waals surface area (Å²) in [6.45, 7) is 4.35. The number of carboxylic acid groups (broad SMARTS) is 1. The molecule has 6 aromatic rings. The van der Waals surface area contributed by atoms with Gasteiger partial charge in [-0.1, -0.05) is 43.3 Å². The maximum atomic E-state index is 11.0. The zero-order valence-electron chi connectivity index (χ0n) is 26.8. The number of ether oxygens (including phenoxy) is 3. The number of aliphatic carboxylic acids is 1. The summed E-state index contributed by atoms with van der Waals surface area (Å²) in [6.07, 6.45) is 6.75. The first-order chi connectivity index (χ1) is 23.4. The highest BCUT2D eigenvalue weighted by atomic mass is 32.1. The van der Waals surface area contributed by atoms with E-state index in [1.165, 1.54) is 0 Å². The largest absolute Gasteiger partial charge is 0.493 e. The average Bonchev–Trinajstić information content (AvgIpc) is 3.84. The van der Waals surface area contributed by atoms with E-state index in [2.05, 4.69) is 16.9 Å². The predicted molar refractivity (Wildman–Crippen MR) is 184 cm³/mol. The van der Waals surface area contributed by atoms with Crippen LogP contribution in [0.1, 0.15) is 45.8 Å². The Kier molecular flexibility index (Phi) is 9.96. The van der Waals surface area contributed by atoms with Gasteiger partial charge in [0.2, 0.25) is 11.8 Å². The third-order valence-corrected chi connectivity index (χ3v) is 8.46. The van der Waals surface area contributed by atoms with E-state index in [9.17, 15) is 4.79 Å². The van der Waals surface area contributed by atoms with Gasteiger partial charge in [0, 0.05) is 17.1 Å². The normalized spacial score (nSPS) is 11.2. The maximum absolute atomic E-state index is 11.0. The van der Waals surface area contributed by atoms with E-state index in [1.807, 2.05) is 79.2 Å². The summed E-state index contributed by atoms with van der Waals surface area (Å²) < 4.78 is 25.7. The Hall–Kier alpha value is -5.68. The topological polar surface area (TPSA) is 122 Å². The van der Waals surface area contributed by atoms with Gasteiger partial charge in [0.05, 0.1) is 35.5 Å². The van der Waals surface area contributed by atoms with Crippen molar-refractivity contribution in [2.75, 3.05) is 7.11 Å². The van der Waals surface area contributed by atoms with Gasteiger partial charge in [-0.3, -0.25) is 4.79 Å². The smallest absolute Gasteiger partial charge is 0.307 e. The molecule has 0 bridgehead atoms. The molecule has 3 heterocycles. The number of nitrogens with zero attached hydrogens (tertiary/aromatic N) is 4. The summed E-state index contributed by atoms with van der Waals surface area (Å²) in [6, 6.07) is 22.6. The van der Waals surface area contributed by atoms with Gasteiger partial charge in [0.15, 0.2) is 11.5 Å². The van der Waals surface area contributed by atoms with Crippen molar-refractivity contribution in [1.82, 2.24) is 19.7 Å². The Balaban J connectivity index is 1.14. The molecule has 0 aliphatic carbocycles. The number of methoxy groups -OCH3 is 1. The predicted octanol–water partition coefficient (Wildman–Crippen LogP) is 7.82. The molecular weight excluding hydrogens is 628 g/mol. The number of hydrogen-bond donors (Lipinski definition) is 1. The molecule has 0 unspecified atom stereocenters. The van der Waals surface area contributed by atoms with Crippen molar-refractivity contribution in [3.63, 3.8) is 0 Å². The highest BCUT2D eigenvalue weighted by Crippen LogP contribution is 2.31. The Morgan fingerprint density at radius 3 is 2.48 bits per heavy atom. The van der Waals surface area contributed by atoms with Gasteiger partial charge >= 0.3 is 5.97 Å². The fraction of sp³-hybridized carbons (Fsp3) is 0.189. The second kappa shape index (κ2) is 14.8. The first-order valence-corrected chi connectivity index (χ1v) is 16.2. The molecule has 6 rings (SSSR count). The Morgan fingerprint density at radius 2 is 1.75 bits per heavy atom. The molecule has 0 saturated heterocycles. The van der Waals surface area contributed by atoms with Crippen molar-refractivity contribution in [2.45, 2.75) is 39.9 Å². The molecule has 0 saturated carbocycles. The van der Waals surface area contributed by atoms with Crippen LogP contribution in [0.5, 0.6) is 17.4 Å². The second-order valence-electron chi connectivity index (χ2n) is 10.9. The van der Waals surface area contributed by atoms with E-state index in [0.717, 1.165) is 39.5 Å². The molecular formula is C37H34N4O6S. The number of thiazole rings is 1. The lowest BCUT2D eigenvalue weighted by molar-refractivity contribution is -0.136. The fourth-order valence-corrected chi connectivity index (χ4v) is 5.61. The van der Waals surface area contributed by atoms with Gasteiger partial charge in [0.1, 0.15) is 24.7 Å². The SMILES string of the molecule is CCc1nc(C=Cc2cn(-c3ccccc3)nc2OCc2ccc(OCc3nc(-c4ccc(CC(=O)O)cc4)oc3C)c(OC)c2)cs1. The molecule has 0 atom stereocenters. The van der Waals surface area contributed by atoms with E-state index >= 15 is 0 Å².